The van der Waals surface area contributed by atoms with Gasteiger partial charge in [-0.3, -0.25) is 4.79 Å². The number of nitrogens with one attached hydrogen (secondary N) is 1. The van der Waals surface area contributed by atoms with E-state index < -0.39 is 0 Å². The highest BCUT2D eigenvalue weighted by Crippen LogP contribution is 2.08. The monoisotopic (exact) mass is 257 g/mol. The molecule has 3 nitrogen and oxygen atoms in total. The average Bonchev–Trinajstić information content (AvgIpc) is 2.37. The summed E-state index contributed by atoms with van der Waals surface area (Å²) >= 11 is 0. The van der Waals surface area contributed by atoms with Crippen LogP contribution in [0.4, 0.5) is 0 Å². The van der Waals surface area contributed by atoms with Crippen molar-refractivity contribution in [1.82, 2.24) is 5.32 Å². The molecule has 2 N–H and O–H groups in total. The zero-order valence-corrected chi connectivity index (χ0v) is 12.2. The Labute approximate surface area is 112 Å². The second-order valence-corrected chi connectivity index (χ2v) is 5.07. The number of aliphatic hydroxyl groups excluding tert-OH is 1. The first-order chi connectivity index (χ1) is 8.70. The Morgan fingerprint density at radius 3 is 2.28 bits per heavy atom. The topological polar surface area (TPSA) is 49.3 Å². The van der Waals surface area contributed by atoms with E-state index in [9.17, 15) is 9.90 Å². The van der Waals surface area contributed by atoms with E-state index in [1.165, 1.54) is 32.1 Å². The van der Waals surface area contributed by atoms with E-state index >= 15 is 0 Å². The zero-order chi connectivity index (χ0) is 13.6. The lowest BCUT2D eigenvalue weighted by Gasteiger charge is -2.08. The maximum absolute atomic E-state index is 11.5. The molecule has 0 spiro atoms. The van der Waals surface area contributed by atoms with Gasteiger partial charge in [0.15, 0.2) is 0 Å². The Hall–Kier alpha value is -0.570. The fourth-order valence-electron chi connectivity index (χ4n) is 1.91. The predicted octanol–water partition coefficient (Wildman–Crippen LogP) is 3.40. The van der Waals surface area contributed by atoms with Gasteiger partial charge in [0.05, 0.1) is 6.10 Å². The fourth-order valence-corrected chi connectivity index (χ4v) is 1.91. The summed E-state index contributed by atoms with van der Waals surface area (Å²) in [4.78, 5) is 11.5. The van der Waals surface area contributed by atoms with Crippen LogP contribution < -0.4 is 5.32 Å². The molecule has 0 aliphatic rings. The molecule has 0 bridgehead atoms. The summed E-state index contributed by atoms with van der Waals surface area (Å²) in [5.41, 5.74) is 0. The van der Waals surface area contributed by atoms with E-state index in [-0.39, 0.29) is 12.0 Å². The van der Waals surface area contributed by atoms with Crippen molar-refractivity contribution in [3.63, 3.8) is 0 Å². The number of hydrogen-bond acceptors (Lipinski definition) is 2. The van der Waals surface area contributed by atoms with Crippen LogP contribution in [0.15, 0.2) is 0 Å². The third-order valence-electron chi connectivity index (χ3n) is 3.28. The zero-order valence-electron chi connectivity index (χ0n) is 12.2. The van der Waals surface area contributed by atoms with E-state index in [0.29, 0.717) is 19.4 Å². The minimum absolute atomic E-state index is 0.131. The van der Waals surface area contributed by atoms with Crippen molar-refractivity contribution in [1.29, 1.82) is 0 Å². The largest absolute Gasteiger partial charge is 0.393 e. The normalized spacial score (nSPS) is 12.4. The Bertz CT molecular complexity index is 195. The predicted molar refractivity (Wildman–Crippen MR) is 76.5 cm³/mol. The number of aliphatic hydroxyl groups is 1. The van der Waals surface area contributed by atoms with Gasteiger partial charge in [0, 0.05) is 13.0 Å². The summed E-state index contributed by atoms with van der Waals surface area (Å²) in [5, 5.41) is 12.2. The van der Waals surface area contributed by atoms with Crippen LogP contribution in [-0.4, -0.2) is 23.7 Å². The molecular formula is C15H31NO2. The van der Waals surface area contributed by atoms with Crippen LogP contribution >= 0.6 is 0 Å². The highest BCUT2D eigenvalue weighted by Gasteiger charge is 2.03. The molecule has 0 aromatic carbocycles. The molecule has 1 amide bonds. The standard InChI is InChI=1S/C15H31NO2/c1-3-5-6-7-8-9-10-11-15(18)16-13-12-14(17)4-2/h14,17H,3-13H2,1-2H3,(H,16,18). The highest BCUT2D eigenvalue weighted by molar-refractivity contribution is 5.75. The van der Waals surface area contributed by atoms with Crippen LogP contribution in [0.2, 0.25) is 0 Å². The molecule has 0 aromatic heterocycles. The number of carbonyl (C=O) groups excluding carboxylic acids is 1. The van der Waals surface area contributed by atoms with Gasteiger partial charge < -0.3 is 10.4 Å². The Balaban J connectivity index is 3.22. The molecule has 18 heavy (non-hydrogen) atoms. The van der Waals surface area contributed by atoms with E-state index in [2.05, 4.69) is 12.2 Å². The minimum Gasteiger partial charge on any atom is -0.393 e. The summed E-state index contributed by atoms with van der Waals surface area (Å²) in [6.07, 6.45) is 10.4. The molecule has 0 saturated heterocycles. The number of amides is 1. The lowest BCUT2D eigenvalue weighted by atomic mass is 10.1. The Morgan fingerprint density at radius 1 is 1.06 bits per heavy atom. The summed E-state index contributed by atoms with van der Waals surface area (Å²) in [5.74, 6) is 0.131. The van der Waals surface area contributed by atoms with Crippen LogP contribution in [0.5, 0.6) is 0 Å². The van der Waals surface area contributed by atoms with Gasteiger partial charge >= 0.3 is 0 Å². The van der Waals surface area contributed by atoms with Gasteiger partial charge in [0.25, 0.3) is 0 Å². The second kappa shape index (κ2) is 12.9. The Morgan fingerprint density at radius 2 is 1.67 bits per heavy atom. The van der Waals surface area contributed by atoms with Crippen LogP contribution in [0.3, 0.4) is 0 Å². The quantitative estimate of drug-likeness (QED) is 0.526. The highest BCUT2D eigenvalue weighted by atomic mass is 16.3. The first-order valence-electron chi connectivity index (χ1n) is 7.65. The summed E-state index contributed by atoms with van der Waals surface area (Å²) in [6, 6.07) is 0. The van der Waals surface area contributed by atoms with Crippen molar-refractivity contribution in [3.8, 4) is 0 Å². The molecule has 3 heteroatoms. The SMILES string of the molecule is CCCCCCCCCC(=O)NCCC(O)CC. The van der Waals surface area contributed by atoms with Crippen LogP contribution in [0.25, 0.3) is 0 Å². The minimum atomic E-state index is -0.274. The van der Waals surface area contributed by atoms with Gasteiger partial charge in [-0.25, -0.2) is 0 Å². The molecule has 0 aromatic rings. The van der Waals surface area contributed by atoms with Gasteiger partial charge in [0.1, 0.15) is 0 Å². The molecule has 0 rings (SSSR count). The summed E-state index contributed by atoms with van der Waals surface area (Å²) in [7, 11) is 0. The molecule has 0 saturated carbocycles. The summed E-state index contributed by atoms with van der Waals surface area (Å²) < 4.78 is 0. The van der Waals surface area contributed by atoms with Crippen LogP contribution in [0, 0.1) is 0 Å². The molecule has 1 unspecified atom stereocenters. The number of hydrogen-bond donors (Lipinski definition) is 2. The number of rotatable bonds is 12. The summed E-state index contributed by atoms with van der Waals surface area (Å²) in [6.45, 7) is 4.77. The van der Waals surface area contributed by atoms with Gasteiger partial charge in [-0.05, 0) is 19.3 Å². The molecule has 108 valence electrons. The van der Waals surface area contributed by atoms with E-state index in [1.54, 1.807) is 0 Å². The molecule has 1 atom stereocenters. The van der Waals surface area contributed by atoms with Gasteiger partial charge in [0.2, 0.25) is 5.91 Å². The lowest BCUT2D eigenvalue weighted by Crippen LogP contribution is -2.26. The van der Waals surface area contributed by atoms with Crippen molar-refractivity contribution in [3.05, 3.63) is 0 Å². The first kappa shape index (κ1) is 17.4. The first-order valence-corrected chi connectivity index (χ1v) is 7.65. The number of carbonyl (C=O) groups is 1. The number of unbranched alkanes of at least 4 members (excludes halogenated alkanes) is 6. The van der Waals surface area contributed by atoms with E-state index in [4.69, 9.17) is 0 Å². The van der Waals surface area contributed by atoms with Crippen LogP contribution in [0.1, 0.15) is 78.1 Å². The Kier molecular flexibility index (Phi) is 12.5. The van der Waals surface area contributed by atoms with Crippen molar-refractivity contribution in [2.45, 2.75) is 84.2 Å². The van der Waals surface area contributed by atoms with Gasteiger partial charge in [-0.1, -0.05) is 52.4 Å². The van der Waals surface area contributed by atoms with E-state index in [0.717, 1.165) is 19.3 Å². The van der Waals surface area contributed by atoms with Crippen molar-refractivity contribution < 1.29 is 9.90 Å². The van der Waals surface area contributed by atoms with Gasteiger partial charge in [-0.2, -0.15) is 0 Å². The maximum atomic E-state index is 11.5. The third kappa shape index (κ3) is 11.9. The smallest absolute Gasteiger partial charge is 0.219 e. The fraction of sp³-hybridized carbons (Fsp3) is 0.933. The molecular weight excluding hydrogens is 226 g/mol. The third-order valence-corrected chi connectivity index (χ3v) is 3.28. The second-order valence-electron chi connectivity index (χ2n) is 5.07. The van der Waals surface area contributed by atoms with Crippen molar-refractivity contribution in [2.75, 3.05) is 6.54 Å². The average molecular weight is 257 g/mol. The lowest BCUT2D eigenvalue weighted by molar-refractivity contribution is -0.121. The molecule has 0 aliphatic heterocycles. The van der Waals surface area contributed by atoms with E-state index in [1.807, 2.05) is 6.92 Å². The van der Waals surface area contributed by atoms with Gasteiger partial charge in [-0.15, -0.1) is 0 Å². The van der Waals surface area contributed by atoms with Crippen molar-refractivity contribution in [2.24, 2.45) is 0 Å². The molecule has 0 radical (unpaired) electrons. The molecule has 0 fully saturated rings. The van der Waals surface area contributed by atoms with Crippen LogP contribution in [-0.2, 0) is 4.79 Å². The maximum Gasteiger partial charge on any atom is 0.219 e. The molecule has 0 aliphatic carbocycles. The molecule has 0 heterocycles. The van der Waals surface area contributed by atoms with Crippen molar-refractivity contribution >= 4 is 5.91 Å².